The summed E-state index contributed by atoms with van der Waals surface area (Å²) in [6.07, 6.45) is 0. The average molecular weight is 296 g/mol. The summed E-state index contributed by atoms with van der Waals surface area (Å²) in [6, 6.07) is 4.80. The van der Waals surface area contributed by atoms with Gasteiger partial charge in [0.15, 0.2) is 0 Å². The molecule has 1 rings (SSSR count). The molecular weight excluding hydrogens is 276 g/mol. The highest BCUT2D eigenvalue weighted by atomic mass is 32.2. The van der Waals surface area contributed by atoms with Gasteiger partial charge in [-0.3, -0.25) is 4.79 Å². The van der Waals surface area contributed by atoms with Crippen LogP contribution < -0.4 is 10.5 Å². The Morgan fingerprint density at radius 3 is 2.25 bits per heavy atom. The molecule has 6 heteroatoms. The van der Waals surface area contributed by atoms with Crippen LogP contribution >= 0.6 is 0 Å². The zero-order chi connectivity index (χ0) is 15.7. The number of primary sulfonamides is 1. The summed E-state index contributed by atoms with van der Waals surface area (Å²) in [4.78, 5) is 11.5. The van der Waals surface area contributed by atoms with Crippen LogP contribution in [0.2, 0.25) is 0 Å². The molecule has 0 saturated heterocycles. The van der Waals surface area contributed by atoms with Gasteiger partial charge < -0.3 is 5.32 Å². The van der Waals surface area contributed by atoms with Crippen LogP contribution in [-0.2, 0) is 20.2 Å². The predicted octanol–water partition coefficient (Wildman–Crippen LogP) is 2.15. The average Bonchev–Trinajstić information content (AvgIpc) is 2.26. The second-order valence-electron chi connectivity index (χ2n) is 5.74. The quantitative estimate of drug-likeness (QED) is 0.837. The SMILES string of the molecule is C=C(C)C(=O)Nc1ccc(C(C)(C)C)cc1S(N)(=O)=O. The number of hydrogen-bond donors (Lipinski definition) is 2. The number of amides is 1. The van der Waals surface area contributed by atoms with E-state index in [-0.39, 0.29) is 21.6 Å². The molecule has 1 aromatic carbocycles. The molecule has 0 aromatic heterocycles. The minimum Gasteiger partial charge on any atom is -0.321 e. The number of sulfonamides is 1. The van der Waals surface area contributed by atoms with Crippen molar-refractivity contribution in [1.29, 1.82) is 0 Å². The first-order chi connectivity index (χ1) is 8.93. The van der Waals surface area contributed by atoms with Crippen LogP contribution in [0.25, 0.3) is 0 Å². The lowest BCUT2D eigenvalue weighted by Gasteiger charge is -2.21. The van der Waals surface area contributed by atoms with E-state index in [9.17, 15) is 13.2 Å². The van der Waals surface area contributed by atoms with Gasteiger partial charge in [-0.05, 0) is 30.0 Å². The number of hydrogen-bond acceptors (Lipinski definition) is 3. The van der Waals surface area contributed by atoms with Gasteiger partial charge in [-0.2, -0.15) is 0 Å². The molecule has 1 amide bonds. The molecule has 0 radical (unpaired) electrons. The normalized spacial score (nSPS) is 12.1. The lowest BCUT2D eigenvalue weighted by molar-refractivity contribution is -0.112. The van der Waals surface area contributed by atoms with Crippen LogP contribution in [0.4, 0.5) is 5.69 Å². The predicted molar refractivity (Wildman–Crippen MR) is 80.0 cm³/mol. The van der Waals surface area contributed by atoms with Crippen LogP contribution in [0.1, 0.15) is 33.3 Å². The van der Waals surface area contributed by atoms with Crippen molar-refractivity contribution in [2.45, 2.75) is 38.0 Å². The van der Waals surface area contributed by atoms with Gasteiger partial charge >= 0.3 is 0 Å². The van der Waals surface area contributed by atoms with E-state index in [4.69, 9.17) is 5.14 Å². The van der Waals surface area contributed by atoms with Crippen LogP contribution in [0.3, 0.4) is 0 Å². The molecule has 0 spiro atoms. The van der Waals surface area contributed by atoms with Crippen LogP contribution in [0.5, 0.6) is 0 Å². The van der Waals surface area contributed by atoms with Crippen molar-refractivity contribution < 1.29 is 13.2 Å². The first-order valence-corrected chi connectivity index (χ1v) is 7.62. The van der Waals surface area contributed by atoms with Crippen molar-refractivity contribution in [2.24, 2.45) is 5.14 Å². The van der Waals surface area contributed by atoms with E-state index in [0.717, 1.165) is 5.56 Å². The third-order valence-corrected chi connectivity index (χ3v) is 3.74. The number of benzene rings is 1. The molecule has 110 valence electrons. The fourth-order valence-corrected chi connectivity index (χ4v) is 2.27. The van der Waals surface area contributed by atoms with E-state index in [1.54, 1.807) is 12.1 Å². The van der Waals surface area contributed by atoms with E-state index in [2.05, 4.69) is 11.9 Å². The van der Waals surface area contributed by atoms with E-state index < -0.39 is 15.9 Å². The van der Waals surface area contributed by atoms with E-state index in [1.165, 1.54) is 13.0 Å². The Bertz CT molecular complexity index is 655. The monoisotopic (exact) mass is 296 g/mol. The van der Waals surface area contributed by atoms with Gasteiger partial charge in [-0.1, -0.05) is 33.4 Å². The standard InChI is InChI=1S/C14H20N2O3S/c1-9(2)13(17)16-11-7-6-10(14(3,4)5)8-12(11)20(15,18)19/h6-8H,1H2,2-5H3,(H,16,17)(H2,15,18,19). The fourth-order valence-electron chi connectivity index (χ4n) is 1.56. The van der Waals surface area contributed by atoms with Crippen LogP contribution in [0.15, 0.2) is 35.2 Å². The number of carbonyl (C=O) groups excluding carboxylic acids is 1. The smallest absolute Gasteiger partial charge is 0.250 e. The summed E-state index contributed by atoms with van der Waals surface area (Å²) in [7, 11) is -3.93. The van der Waals surface area contributed by atoms with Crippen molar-refractivity contribution in [3.8, 4) is 0 Å². The molecule has 0 atom stereocenters. The summed E-state index contributed by atoms with van der Waals surface area (Å²) >= 11 is 0. The Morgan fingerprint density at radius 2 is 1.85 bits per heavy atom. The van der Waals surface area contributed by atoms with Crippen molar-refractivity contribution in [2.75, 3.05) is 5.32 Å². The molecule has 0 aliphatic heterocycles. The molecule has 1 aromatic rings. The highest BCUT2D eigenvalue weighted by molar-refractivity contribution is 7.89. The molecule has 0 unspecified atom stereocenters. The van der Waals surface area contributed by atoms with Gasteiger partial charge in [-0.15, -0.1) is 0 Å². The van der Waals surface area contributed by atoms with Gasteiger partial charge in [0.25, 0.3) is 5.91 Å². The lowest BCUT2D eigenvalue weighted by atomic mass is 9.87. The van der Waals surface area contributed by atoms with Crippen molar-refractivity contribution in [1.82, 2.24) is 0 Å². The van der Waals surface area contributed by atoms with Crippen molar-refractivity contribution in [3.05, 3.63) is 35.9 Å². The van der Waals surface area contributed by atoms with E-state index in [0.29, 0.717) is 0 Å². The molecule has 0 saturated carbocycles. The Hall–Kier alpha value is -1.66. The van der Waals surface area contributed by atoms with Gasteiger partial charge in [0, 0.05) is 5.57 Å². The molecule has 0 bridgehead atoms. The molecule has 0 aliphatic rings. The largest absolute Gasteiger partial charge is 0.321 e. The molecule has 20 heavy (non-hydrogen) atoms. The van der Waals surface area contributed by atoms with Gasteiger partial charge in [0.1, 0.15) is 4.90 Å². The minimum atomic E-state index is -3.93. The fraction of sp³-hybridized carbons (Fsp3) is 0.357. The molecule has 0 aliphatic carbocycles. The zero-order valence-electron chi connectivity index (χ0n) is 12.1. The summed E-state index contributed by atoms with van der Waals surface area (Å²) in [5, 5.41) is 7.72. The van der Waals surface area contributed by atoms with Crippen molar-refractivity contribution >= 4 is 21.6 Å². The Morgan fingerprint density at radius 1 is 1.30 bits per heavy atom. The molecule has 5 nitrogen and oxygen atoms in total. The lowest BCUT2D eigenvalue weighted by Crippen LogP contribution is -2.20. The molecule has 0 fully saturated rings. The summed E-state index contributed by atoms with van der Waals surface area (Å²) in [6.45, 7) is 10.9. The Balaban J connectivity index is 3.40. The van der Waals surface area contributed by atoms with Crippen LogP contribution in [-0.4, -0.2) is 14.3 Å². The second-order valence-corrected chi connectivity index (χ2v) is 7.27. The Kier molecular flexibility index (Phi) is 4.41. The first kappa shape index (κ1) is 16.4. The summed E-state index contributed by atoms with van der Waals surface area (Å²) < 4.78 is 23.4. The maximum atomic E-state index is 11.7. The van der Waals surface area contributed by atoms with E-state index >= 15 is 0 Å². The summed E-state index contributed by atoms with van der Waals surface area (Å²) in [5.74, 6) is -0.446. The first-order valence-electron chi connectivity index (χ1n) is 6.07. The van der Waals surface area contributed by atoms with E-state index in [1.807, 2.05) is 20.8 Å². The second kappa shape index (κ2) is 5.38. The topological polar surface area (TPSA) is 89.3 Å². The molecule has 3 N–H and O–H groups in total. The zero-order valence-corrected chi connectivity index (χ0v) is 13.0. The Labute approximate surface area is 119 Å². The molecule has 0 heterocycles. The number of anilines is 1. The maximum Gasteiger partial charge on any atom is 0.250 e. The number of rotatable bonds is 3. The number of nitrogens with one attached hydrogen (secondary N) is 1. The van der Waals surface area contributed by atoms with Gasteiger partial charge in [0.05, 0.1) is 5.69 Å². The summed E-state index contributed by atoms with van der Waals surface area (Å²) in [5.41, 5.74) is 1.03. The third-order valence-electron chi connectivity index (χ3n) is 2.79. The molecular formula is C14H20N2O3S. The van der Waals surface area contributed by atoms with Gasteiger partial charge in [0.2, 0.25) is 10.0 Å². The minimum absolute atomic E-state index is 0.0977. The highest BCUT2D eigenvalue weighted by Gasteiger charge is 2.21. The highest BCUT2D eigenvalue weighted by Crippen LogP contribution is 2.29. The number of nitrogens with two attached hydrogens (primary N) is 1. The number of carbonyl (C=O) groups is 1. The maximum absolute atomic E-state index is 11.7. The van der Waals surface area contributed by atoms with Gasteiger partial charge in [-0.25, -0.2) is 13.6 Å². The van der Waals surface area contributed by atoms with Crippen LogP contribution in [0, 0.1) is 0 Å². The van der Waals surface area contributed by atoms with Crippen molar-refractivity contribution in [3.63, 3.8) is 0 Å². The third kappa shape index (κ3) is 3.91.